The van der Waals surface area contributed by atoms with Gasteiger partial charge in [0.2, 0.25) is 0 Å². The summed E-state index contributed by atoms with van der Waals surface area (Å²) in [6, 6.07) is 7.86. The molecule has 160 valence electrons. The number of likely N-dealkylation sites (tertiary alicyclic amines) is 1. The number of ether oxygens (including phenoxy) is 3. The van der Waals surface area contributed by atoms with Crippen LogP contribution in [-0.2, 0) is 16.1 Å². The zero-order chi connectivity index (χ0) is 21.8. The molecule has 30 heavy (non-hydrogen) atoms. The van der Waals surface area contributed by atoms with Crippen LogP contribution < -0.4 is 15.2 Å². The lowest BCUT2D eigenvalue weighted by Crippen LogP contribution is -2.41. The molecule has 2 unspecified atom stereocenters. The van der Waals surface area contributed by atoms with Gasteiger partial charge in [-0.25, -0.2) is 9.18 Å². The van der Waals surface area contributed by atoms with E-state index in [1.54, 1.807) is 6.07 Å². The Kier molecular flexibility index (Phi) is 6.53. The largest absolute Gasteiger partial charge is 0.493 e. The zero-order valence-corrected chi connectivity index (χ0v) is 16.6. The van der Waals surface area contributed by atoms with E-state index in [1.807, 2.05) is 0 Å². The number of methoxy groups -OCH3 is 2. The Morgan fingerprint density at radius 2 is 1.90 bits per heavy atom. The number of benzene rings is 2. The standard InChI is InChI=1S/C21H23FN2O6/c1-28-18-6-4-13(20(26)24-11-14(25)9-16(24)21(27)29-2)8-19(18)30-17-5-3-12(10-23)7-15(17)22/h3-8,14,16,25H,9-11,23H2,1-2H3. The molecule has 9 heteroatoms. The molecule has 1 amide bonds. The van der Waals surface area contributed by atoms with E-state index >= 15 is 0 Å². The van der Waals surface area contributed by atoms with E-state index < -0.39 is 29.8 Å². The van der Waals surface area contributed by atoms with E-state index in [4.69, 9.17) is 19.9 Å². The second-order valence-corrected chi connectivity index (χ2v) is 6.82. The first-order chi connectivity index (χ1) is 14.4. The predicted octanol–water partition coefficient (Wildman–Crippen LogP) is 1.83. The molecule has 0 aromatic heterocycles. The zero-order valence-electron chi connectivity index (χ0n) is 16.6. The first kappa shape index (κ1) is 21.5. The summed E-state index contributed by atoms with van der Waals surface area (Å²) >= 11 is 0. The molecule has 0 saturated carbocycles. The van der Waals surface area contributed by atoms with Crippen LogP contribution in [0.15, 0.2) is 36.4 Å². The lowest BCUT2D eigenvalue weighted by atomic mass is 10.1. The lowest BCUT2D eigenvalue weighted by Gasteiger charge is -2.23. The van der Waals surface area contributed by atoms with Gasteiger partial charge in [0, 0.05) is 25.1 Å². The first-order valence-electron chi connectivity index (χ1n) is 9.29. The van der Waals surface area contributed by atoms with E-state index in [0.29, 0.717) is 11.3 Å². The number of aliphatic hydroxyl groups is 1. The molecule has 1 fully saturated rings. The summed E-state index contributed by atoms with van der Waals surface area (Å²) in [6.07, 6.45) is -0.737. The number of aliphatic hydroxyl groups excluding tert-OH is 1. The van der Waals surface area contributed by atoms with Crippen molar-refractivity contribution in [2.75, 3.05) is 20.8 Å². The number of nitrogens with two attached hydrogens (primary N) is 1. The fourth-order valence-electron chi connectivity index (χ4n) is 3.33. The number of esters is 1. The maximum atomic E-state index is 14.3. The smallest absolute Gasteiger partial charge is 0.328 e. The third kappa shape index (κ3) is 4.37. The summed E-state index contributed by atoms with van der Waals surface area (Å²) in [5.74, 6) is -1.35. The fraction of sp³-hybridized carbons (Fsp3) is 0.333. The number of hydrogen-bond acceptors (Lipinski definition) is 7. The number of carbonyl (C=O) groups is 2. The van der Waals surface area contributed by atoms with Crippen molar-refractivity contribution in [2.45, 2.75) is 25.1 Å². The number of carbonyl (C=O) groups excluding carboxylic acids is 2. The van der Waals surface area contributed by atoms with Crippen LogP contribution in [0.2, 0.25) is 0 Å². The maximum Gasteiger partial charge on any atom is 0.328 e. The monoisotopic (exact) mass is 418 g/mol. The first-order valence-corrected chi connectivity index (χ1v) is 9.29. The van der Waals surface area contributed by atoms with Gasteiger partial charge in [-0.15, -0.1) is 0 Å². The van der Waals surface area contributed by atoms with Crippen LogP contribution in [-0.4, -0.2) is 54.8 Å². The van der Waals surface area contributed by atoms with Gasteiger partial charge in [-0.05, 0) is 35.9 Å². The van der Waals surface area contributed by atoms with Crippen molar-refractivity contribution in [1.29, 1.82) is 0 Å². The van der Waals surface area contributed by atoms with Crippen LogP contribution >= 0.6 is 0 Å². The molecule has 1 heterocycles. The van der Waals surface area contributed by atoms with E-state index in [0.717, 1.165) is 0 Å². The number of amides is 1. The number of nitrogens with zero attached hydrogens (tertiary/aromatic N) is 1. The Balaban J connectivity index is 1.90. The van der Waals surface area contributed by atoms with Crippen LogP contribution in [0, 0.1) is 5.82 Å². The predicted molar refractivity (Wildman–Crippen MR) is 105 cm³/mol. The topological polar surface area (TPSA) is 111 Å². The van der Waals surface area contributed by atoms with Gasteiger partial charge < -0.3 is 30.0 Å². The fourth-order valence-corrected chi connectivity index (χ4v) is 3.33. The van der Waals surface area contributed by atoms with E-state index in [-0.39, 0.29) is 36.6 Å². The van der Waals surface area contributed by atoms with Gasteiger partial charge in [-0.1, -0.05) is 6.07 Å². The molecule has 8 nitrogen and oxygen atoms in total. The highest BCUT2D eigenvalue weighted by molar-refractivity contribution is 5.97. The Hall–Kier alpha value is -3.17. The van der Waals surface area contributed by atoms with Crippen molar-refractivity contribution in [3.05, 3.63) is 53.3 Å². The Labute approximate surface area is 172 Å². The molecule has 3 N–H and O–H groups in total. The highest BCUT2D eigenvalue weighted by Gasteiger charge is 2.40. The lowest BCUT2D eigenvalue weighted by molar-refractivity contribution is -0.145. The molecule has 0 aliphatic carbocycles. The summed E-state index contributed by atoms with van der Waals surface area (Å²) in [4.78, 5) is 26.2. The number of β-amino-alcohol motifs (C(OH)–C–C–N with tert-alkyl or cyclic N) is 1. The normalized spacial score (nSPS) is 18.2. The Morgan fingerprint density at radius 3 is 2.53 bits per heavy atom. The quantitative estimate of drug-likeness (QED) is 0.689. The molecule has 0 bridgehead atoms. The minimum Gasteiger partial charge on any atom is -0.493 e. The minimum absolute atomic E-state index is 0.00397. The van der Waals surface area contributed by atoms with E-state index in [2.05, 4.69) is 0 Å². The van der Waals surface area contributed by atoms with Crippen LogP contribution in [0.4, 0.5) is 4.39 Å². The summed E-state index contributed by atoms with van der Waals surface area (Å²) in [5.41, 5.74) is 6.31. The van der Waals surface area contributed by atoms with Gasteiger partial charge in [-0.3, -0.25) is 4.79 Å². The third-order valence-electron chi connectivity index (χ3n) is 4.88. The average molecular weight is 418 g/mol. The highest BCUT2D eigenvalue weighted by atomic mass is 19.1. The molecular weight excluding hydrogens is 395 g/mol. The van der Waals surface area contributed by atoms with Crippen LogP contribution in [0.3, 0.4) is 0 Å². The van der Waals surface area contributed by atoms with Crippen molar-refractivity contribution >= 4 is 11.9 Å². The minimum atomic E-state index is -0.884. The summed E-state index contributed by atoms with van der Waals surface area (Å²) < 4.78 is 29.9. The molecule has 0 spiro atoms. The van der Waals surface area contributed by atoms with Crippen molar-refractivity contribution in [3.63, 3.8) is 0 Å². The molecular formula is C21H23FN2O6. The van der Waals surface area contributed by atoms with Crippen molar-refractivity contribution < 1.29 is 33.3 Å². The number of rotatable bonds is 6. The Morgan fingerprint density at radius 1 is 1.17 bits per heavy atom. The van der Waals surface area contributed by atoms with E-state index in [9.17, 15) is 19.1 Å². The van der Waals surface area contributed by atoms with Crippen LogP contribution in [0.5, 0.6) is 17.2 Å². The Bertz CT molecular complexity index is 951. The van der Waals surface area contributed by atoms with Crippen LogP contribution in [0.25, 0.3) is 0 Å². The van der Waals surface area contributed by atoms with Gasteiger partial charge in [0.25, 0.3) is 5.91 Å². The SMILES string of the molecule is COC(=O)C1CC(O)CN1C(=O)c1ccc(OC)c(Oc2ccc(CN)cc2F)c1. The van der Waals surface area contributed by atoms with Gasteiger partial charge in [0.1, 0.15) is 6.04 Å². The number of hydrogen-bond donors (Lipinski definition) is 2. The second-order valence-electron chi connectivity index (χ2n) is 6.82. The van der Waals surface area contributed by atoms with Gasteiger partial charge in [0.15, 0.2) is 23.1 Å². The van der Waals surface area contributed by atoms with Crippen molar-refractivity contribution in [2.24, 2.45) is 5.73 Å². The van der Waals surface area contributed by atoms with Crippen molar-refractivity contribution in [1.82, 2.24) is 4.90 Å². The molecule has 2 atom stereocenters. The molecule has 1 aliphatic rings. The van der Waals surface area contributed by atoms with Crippen LogP contribution in [0.1, 0.15) is 22.3 Å². The number of halogens is 1. The van der Waals surface area contributed by atoms with Crippen molar-refractivity contribution in [3.8, 4) is 17.2 Å². The maximum absolute atomic E-state index is 14.3. The van der Waals surface area contributed by atoms with Gasteiger partial charge >= 0.3 is 5.97 Å². The van der Waals surface area contributed by atoms with Gasteiger partial charge in [0.05, 0.1) is 20.3 Å². The molecule has 1 aliphatic heterocycles. The molecule has 2 aromatic carbocycles. The molecule has 2 aromatic rings. The molecule has 1 saturated heterocycles. The average Bonchev–Trinajstić information content (AvgIpc) is 3.15. The van der Waals surface area contributed by atoms with E-state index in [1.165, 1.54) is 49.5 Å². The third-order valence-corrected chi connectivity index (χ3v) is 4.88. The summed E-state index contributed by atoms with van der Waals surface area (Å²) in [6.45, 7) is 0.184. The highest BCUT2D eigenvalue weighted by Crippen LogP contribution is 2.34. The summed E-state index contributed by atoms with van der Waals surface area (Å²) in [7, 11) is 2.64. The molecule has 0 radical (unpaired) electrons. The molecule has 3 rings (SSSR count). The second kappa shape index (κ2) is 9.10. The van der Waals surface area contributed by atoms with Gasteiger partial charge in [-0.2, -0.15) is 0 Å². The summed E-state index contributed by atoms with van der Waals surface area (Å²) in [5, 5.41) is 9.92.